The van der Waals surface area contributed by atoms with Crippen LogP contribution >= 0.6 is 28.1 Å². The second kappa shape index (κ2) is 12.5. The fraction of sp³-hybridized carbons (Fsp3) is 0.130. The first kappa shape index (κ1) is 24.1. The van der Waals surface area contributed by atoms with Crippen LogP contribution in [0.3, 0.4) is 0 Å². The minimum atomic E-state index is -0.475. The Morgan fingerprint density at radius 2 is 1.79 bits per heavy atom. The van der Waals surface area contributed by atoms with E-state index in [0.717, 1.165) is 10.0 Å². The number of halogens is 1. The lowest BCUT2D eigenvalue weighted by molar-refractivity contribution is -0.384. The molecule has 0 amide bonds. The van der Waals surface area contributed by atoms with Gasteiger partial charge < -0.3 is 14.8 Å². The maximum Gasteiger partial charge on any atom is 0.270 e. The molecule has 0 radical (unpaired) electrons. The predicted octanol–water partition coefficient (Wildman–Crippen LogP) is 4.81. The third-order valence-corrected chi connectivity index (χ3v) is 5.06. The number of hydrogen-bond donors (Lipinski definition) is 2. The Morgan fingerprint density at radius 3 is 2.52 bits per heavy atom. The van der Waals surface area contributed by atoms with E-state index in [0.29, 0.717) is 35.3 Å². The lowest BCUT2D eigenvalue weighted by Crippen LogP contribution is -2.31. The molecule has 0 saturated carbocycles. The van der Waals surface area contributed by atoms with E-state index in [1.54, 1.807) is 0 Å². The number of hydrazone groups is 1. The normalized spacial score (nSPS) is 10.6. The van der Waals surface area contributed by atoms with Crippen LogP contribution in [-0.4, -0.2) is 29.5 Å². The van der Waals surface area contributed by atoms with Crippen molar-refractivity contribution in [1.29, 1.82) is 0 Å². The van der Waals surface area contributed by atoms with Gasteiger partial charge in [0.05, 0.1) is 11.1 Å². The van der Waals surface area contributed by atoms with E-state index in [-0.39, 0.29) is 12.3 Å². The third-order valence-electron chi connectivity index (χ3n) is 4.29. The summed E-state index contributed by atoms with van der Waals surface area (Å²) < 4.78 is 12.4. The first-order chi connectivity index (χ1) is 16.0. The highest BCUT2D eigenvalue weighted by atomic mass is 79.9. The number of nitro benzene ring substituents is 1. The molecule has 8 nitrogen and oxygen atoms in total. The lowest BCUT2D eigenvalue weighted by atomic mass is 10.2. The molecule has 0 atom stereocenters. The fourth-order valence-electron chi connectivity index (χ4n) is 2.70. The minimum Gasteiger partial charge on any atom is -0.490 e. The summed E-state index contributed by atoms with van der Waals surface area (Å²) in [4.78, 5) is 10.7. The van der Waals surface area contributed by atoms with E-state index in [9.17, 15) is 10.1 Å². The van der Waals surface area contributed by atoms with Crippen LogP contribution in [0.25, 0.3) is 0 Å². The van der Waals surface area contributed by atoms with Crippen molar-refractivity contribution in [3.8, 4) is 11.5 Å². The fourth-order valence-corrected chi connectivity index (χ4v) is 3.09. The molecule has 0 aliphatic heterocycles. The molecule has 0 spiro atoms. The van der Waals surface area contributed by atoms with Gasteiger partial charge in [-0.3, -0.25) is 15.5 Å². The zero-order valence-electron chi connectivity index (χ0n) is 17.4. The first-order valence-corrected chi connectivity index (χ1v) is 11.1. The van der Waals surface area contributed by atoms with E-state index in [1.807, 2.05) is 54.6 Å². The van der Waals surface area contributed by atoms with Gasteiger partial charge in [0, 0.05) is 28.7 Å². The number of nitrogens with zero attached hydrogens (tertiary/aromatic N) is 2. The number of rotatable bonds is 10. The zero-order valence-corrected chi connectivity index (χ0v) is 19.8. The standard InChI is InChI=1S/C23H21BrN4O4S/c24-19-6-9-21(10-7-19)31-12-13-32-22-11-8-20(28(29)30)14-18(22)16-26-27-23(33)25-15-17-4-2-1-3-5-17/h1-11,14,16H,12-13,15H2,(H2,25,27,33)/b26-16-. The highest BCUT2D eigenvalue weighted by Gasteiger charge is 2.11. The summed E-state index contributed by atoms with van der Waals surface area (Å²) >= 11 is 8.59. The maximum absolute atomic E-state index is 11.2. The Kier molecular flexibility index (Phi) is 9.16. The SMILES string of the molecule is O=[N+]([O-])c1ccc(OCCOc2ccc(Br)cc2)c(/C=N\NC(=S)NCc2ccccc2)c1. The Bertz CT molecular complexity index is 1110. The van der Waals surface area contributed by atoms with Crippen LogP contribution in [-0.2, 0) is 6.54 Å². The average Bonchev–Trinajstić information content (AvgIpc) is 2.83. The molecule has 0 unspecified atom stereocenters. The Morgan fingerprint density at radius 1 is 1.06 bits per heavy atom. The summed E-state index contributed by atoms with van der Waals surface area (Å²) in [6.45, 7) is 1.10. The zero-order chi connectivity index (χ0) is 23.5. The lowest BCUT2D eigenvalue weighted by Gasteiger charge is -2.11. The van der Waals surface area contributed by atoms with Crippen molar-refractivity contribution in [3.05, 3.63) is 98.5 Å². The molecule has 33 heavy (non-hydrogen) atoms. The molecule has 0 fully saturated rings. The van der Waals surface area contributed by atoms with Crippen LogP contribution in [0.5, 0.6) is 11.5 Å². The van der Waals surface area contributed by atoms with Crippen LogP contribution in [0, 0.1) is 10.1 Å². The van der Waals surface area contributed by atoms with E-state index in [1.165, 1.54) is 24.4 Å². The minimum absolute atomic E-state index is 0.0697. The summed E-state index contributed by atoms with van der Waals surface area (Å²) in [6, 6.07) is 21.5. The predicted molar refractivity (Wildman–Crippen MR) is 135 cm³/mol. The van der Waals surface area contributed by atoms with Gasteiger partial charge in [0.25, 0.3) is 5.69 Å². The van der Waals surface area contributed by atoms with E-state index in [4.69, 9.17) is 21.7 Å². The third kappa shape index (κ3) is 8.17. The number of nitrogens with one attached hydrogen (secondary N) is 2. The number of non-ortho nitro benzene ring substituents is 1. The summed E-state index contributed by atoms with van der Waals surface area (Å²) in [5.74, 6) is 1.15. The van der Waals surface area contributed by atoms with E-state index < -0.39 is 4.92 Å². The van der Waals surface area contributed by atoms with Crippen LogP contribution in [0.4, 0.5) is 5.69 Å². The van der Waals surface area contributed by atoms with Gasteiger partial charge >= 0.3 is 0 Å². The number of nitro groups is 1. The van der Waals surface area contributed by atoms with Crippen molar-refractivity contribution >= 4 is 45.2 Å². The summed E-state index contributed by atoms with van der Waals surface area (Å²) in [6.07, 6.45) is 1.43. The number of hydrogen-bond acceptors (Lipinski definition) is 6. The molecule has 3 aromatic rings. The molecule has 2 N–H and O–H groups in total. The molecule has 3 rings (SSSR count). The topological polar surface area (TPSA) is 98.0 Å². The average molecular weight is 529 g/mol. The van der Waals surface area contributed by atoms with Gasteiger partial charge in [-0.25, -0.2) is 0 Å². The second-order valence-electron chi connectivity index (χ2n) is 6.67. The first-order valence-electron chi connectivity index (χ1n) is 9.92. The van der Waals surface area contributed by atoms with Crippen LogP contribution in [0.15, 0.2) is 82.4 Å². The van der Waals surface area contributed by atoms with Crippen LogP contribution < -0.4 is 20.2 Å². The van der Waals surface area contributed by atoms with Gasteiger partial charge in [-0.05, 0) is 48.1 Å². The quantitative estimate of drug-likeness (QED) is 0.128. The number of benzene rings is 3. The van der Waals surface area contributed by atoms with Crippen molar-refractivity contribution in [1.82, 2.24) is 10.7 Å². The Labute approximate surface area is 204 Å². The molecule has 0 saturated heterocycles. The molecule has 3 aromatic carbocycles. The van der Waals surface area contributed by atoms with Gasteiger partial charge in [-0.2, -0.15) is 5.10 Å². The molecule has 170 valence electrons. The van der Waals surface area contributed by atoms with Crippen molar-refractivity contribution in [2.24, 2.45) is 5.10 Å². The molecule has 0 bridgehead atoms. The monoisotopic (exact) mass is 528 g/mol. The van der Waals surface area contributed by atoms with E-state index in [2.05, 4.69) is 31.8 Å². The molecule has 0 aliphatic carbocycles. The second-order valence-corrected chi connectivity index (χ2v) is 7.99. The van der Waals surface area contributed by atoms with Crippen molar-refractivity contribution in [2.75, 3.05) is 13.2 Å². The largest absolute Gasteiger partial charge is 0.490 e. The van der Waals surface area contributed by atoms with Crippen LogP contribution in [0.1, 0.15) is 11.1 Å². The Balaban J connectivity index is 1.55. The smallest absolute Gasteiger partial charge is 0.270 e. The van der Waals surface area contributed by atoms with E-state index >= 15 is 0 Å². The van der Waals surface area contributed by atoms with Crippen molar-refractivity contribution in [2.45, 2.75) is 6.54 Å². The summed E-state index contributed by atoms with van der Waals surface area (Å²) in [7, 11) is 0. The van der Waals surface area contributed by atoms with Gasteiger partial charge in [-0.15, -0.1) is 0 Å². The summed E-state index contributed by atoms with van der Waals surface area (Å²) in [5, 5.41) is 18.6. The van der Waals surface area contributed by atoms with Crippen LogP contribution in [0.2, 0.25) is 0 Å². The van der Waals surface area contributed by atoms with Crippen molar-refractivity contribution in [3.63, 3.8) is 0 Å². The Hall–Kier alpha value is -3.50. The van der Waals surface area contributed by atoms with Gasteiger partial charge in [0.1, 0.15) is 24.7 Å². The molecular weight excluding hydrogens is 508 g/mol. The van der Waals surface area contributed by atoms with Crippen molar-refractivity contribution < 1.29 is 14.4 Å². The molecule has 0 aromatic heterocycles. The highest BCUT2D eigenvalue weighted by molar-refractivity contribution is 9.10. The van der Waals surface area contributed by atoms with Gasteiger partial charge in [-0.1, -0.05) is 46.3 Å². The molecule has 0 heterocycles. The van der Waals surface area contributed by atoms with Gasteiger partial charge in [0.2, 0.25) is 0 Å². The summed E-state index contributed by atoms with van der Waals surface area (Å²) in [5.41, 5.74) is 4.15. The number of ether oxygens (including phenoxy) is 2. The molecule has 10 heteroatoms. The molecule has 0 aliphatic rings. The maximum atomic E-state index is 11.2. The number of thiocarbonyl (C=S) groups is 1. The highest BCUT2D eigenvalue weighted by Crippen LogP contribution is 2.23. The van der Waals surface area contributed by atoms with Gasteiger partial charge in [0.15, 0.2) is 5.11 Å². The molecular formula is C23H21BrN4O4S.